The number of hydrogen-bond acceptors (Lipinski definition) is 4. The summed E-state index contributed by atoms with van der Waals surface area (Å²) < 4.78 is 7.09. The number of benzene rings is 1. The lowest BCUT2D eigenvalue weighted by Gasteiger charge is -2.31. The van der Waals surface area contributed by atoms with Gasteiger partial charge in [-0.25, -0.2) is 4.68 Å². The molecule has 1 N–H and O–H groups in total. The van der Waals surface area contributed by atoms with Crippen molar-refractivity contribution in [1.29, 1.82) is 0 Å². The zero-order valence-electron chi connectivity index (χ0n) is 15.4. The predicted octanol–water partition coefficient (Wildman–Crippen LogP) is 2.76. The number of nitrogens with one attached hydrogen (secondary N) is 1. The summed E-state index contributed by atoms with van der Waals surface area (Å²) in [5.41, 5.74) is 1.30. The summed E-state index contributed by atoms with van der Waals surface area (Å²) >= 11 is 0. The van der Waals surface area contributed by atoms with Crippen molar-refractivity contribution in [3.8, 4) is 11.4 Å². The summed E-state index contributed by atoms with van der Waals surface area (Å²) in [6.45, 7) is 2.61. The third-order valence-electron chi connectivity index (χ3n) is 4.83. The van der Waals surface area contributed by atoms with E-state index >= 15 is 0 Å². The molecule has 6 nitrogen and oxygen atoms in total. The molecule has 0 bridgehead atoms. The number of nitrogens with zero attached hydrogens (tertiary/aromatic N) is 3. The molecule has 142 valence electrons. The molecule has 1 aromatic heterocycles. The van der Waals surface area contributed by atoms with E-state index in [1.807, 2.05) is 42.3 Å². The Hall–Kier alpha value is -2.05. The molecule has 2 aromatic rings. The Bertz CT molecular complexity index is 697. The lowest BCUT2D eigenvalue weighted by atomic mass is 9.93. The minimum absolute atomic E-state index is 0. The van der Waals surface area contributed by atoms with Crippen LogP contribution in [0, 0.1) is 5.92 Å². The van der Waals surface area contributed by atoms with Crippen molar-refractivity contribution in [1.82, 2.24) is 20.0 Å². The van der Waals surface area contributed by atoms with Gasteiger partial charge >= 0.3 is 0 Å². The van der Waals surface area contributed by atoms with Gasteiger partial charge in [0.05, 0.1) is 19.0 Å². The normalized spacial score (nSPS) is 14.8. The highest BCUT2D eigenvalue weighted by molar-refractivity contribution is 5.95. The second-order valence-electron chi connectivity index (χ2n) is 6.45. The van der Waals surface area contributed by atoms with Gasteiger partial charge in [0.2, 0.25) is 0 Å². The Kier molecular flexibility index (Phi) is 7.48. The Balaban J connectivity index is 0.00000243. The topological polar surface area (TPSA) is 59.4 Å². The van der Waals surface area contributed by atoms with E-state index < -0.39 is 0 Å². The number of carbonyl (C=O) groups excluding carboxylic acids is 1. The van der Waals surface area contributed by atoms with Crippen LogP contribution in [-0.2, 0) is 0 Å². The van der Waals surface area contributed by atoms with Gasteiger partial charge in [-0.1, -0.05) is 18.2 Å². The molecule has 0 atom stereocenters. The summed E-state index contributed by atoms with van der Waals surface area (Å²) in [5, 5.41) is 7.68. The molecular weight excluding hydrogens is 352 g/mol. The molecule has 7 heteroatoms. The van der Waals surface area contributed by atoms with Gasteiger partial charge in [0.1, 0.15) is 0 Å². The molecule has 3 rings (SSSR count). The minimum atomic E-state index is -0.0430. The molecule has 0 spiro atoms. The first kappa shape index (κ1) is 20.3. The molecule has 1 aromatic carbocycles. The average molecular weight is 379 g/mol. The highest BCUT2D eigenvalue weighted by Crippen LogP contribution is 2.25. The van der Waals surface area contributed by atoms with Gasteiger partial charge in [-0.2, -0.15) is 5.10 Å². The van der Waals surface area contributed by atoms with E-state index in [1.54, 1.807) is 18.0 Å². The third-order valence-corrected chi connectivity index (χ3v) is 4.83. The molecular formula is C19H27ClN4O2. The van der Waals surface area contributed by atoms with Gasteiger partial charge in [0, 0.05) is 13.1 Å². The van der Waals surface area contributed by atoms with Crippen LogP contribution in [0.3, 0.4) is 0 Å². The number of hydrogen-bond donors (Lipinski definition) is 1. The van der Waals surface area contributed by atoms with E-state index in [0.29, 0.717) is 17.4 Å². The number of amides is 1. The zero-order valence-corrected chi connectivity index (χ0v) is 16.2. The van der Waals surface area contributed by atoms with Gasteiger partial charge in [-0.3, -0.25) is 4.79 Å². The monoisotopic (exact) mass is 378 g/mol. The first-order valence-electron chi connectivity index (χ1n) is 8.86. The van der Waals surface area contributed by atoms with Gasteiger partial charge < -0.3 is 15.0 Å². The zero-order chi connectivity index (χ0) is 17.6. The van der Waals surface area contributed by atoms with Crippen LogP contribution in [0.4, 0.5) is 0 Å². The Morgan fingerprint density at radius 3 is 2.58 bits per heavy atom. The van der Waals surface area contributed by atoms with Crippen molar-refractivity contribution >= 4 is 18.3 Å². The van der Waals surface area contributed by atoms with Crippen LogP contribution in [-0.4, -0.2) is 54.4 Å². The second kappa shape index (κ2) is 9.59. The molecule has 0 saturated carbocycles. The van der Waals surface area contributed by atoms with E-state index in [0.717, 1.165) is 38.2 Å². The van der Waals surface area contributed by atoms with Crippen molar-refractivity contribution in [3.63, 3.8) is 0 Å². The van der Waals surface area contributed by atoms with Crippen LogP contribution in [0.25, 0.3) is 5.69 Å². The number of carbonyl (C=O) groups is 1. The fraction of sp³-hybridized carbons (Fsp3) is 0.474. The lowest BCUT2D eigenvalue weighted by molar-refractivity contribution is 0.0677. The summed E-state index contributed by atoms with van der Waals surface area (Å²) in [4.78, 5) is 14.8. The average Bonchev–Trinajstić information content (AvgIpc) is 3.11. The Morgan fingerprint density at radius 1 is 1.27 bits per heavy atom. The van der Waals surface area contributed by atoms with E-state index in [9.17, 15) is 4.79 Å². The van der Waals surface area contributed by atoms with Crippen molar-refractivity contribution in [2.75, 3.05) is 33.8 Å². The number of para-hydroxylation sites is 1. The molecule has 1 fully saturated rings. The highest BCUT2D eigenvalue weighted by Gasteiger charge is 2.27. The van der Waals surface area contributed by atoms with Crippen LogP contribution in [0.15, 0.2) is 36.5 Å². The summed E-state index contributed by atoms with van der Waals surface area (Å²) in [6.07, 6.45) is 5.04. The molecule has 2 heterocycles. The van der Waals surface area contributed by atoms with E-state index in [4.69, 9.17) is 4.74 Å². The maximum atomic E-state index is 12.9. The third kappa shape index (κ3) is 4.56. The standard InChI is InChI=1S/C19H26N4O2.ClH/c1-20-11-8-15-9-12-22(13-10-15)19(24)18-17(25-2)14-23(21-18)16-6-4-3-5-7-16;/h3-7,14-15,20H,8-13H2,1-2H3;1H. The van der Waals surface area contributed by atoms with Gasteiger partial charge in [-0.05, 0) is 50.9 Å². The smallest absolute Gasteiger partial charge is 0.278 e. The van der Waals surface area contributed by atoms with Crippen LogP contribution >= 0.6 is 12.4 Å². The maximum absolute atomic E-state index is 12.9. The van der Waals surface area contributed by atoms with E-state index in [2.05, 4.69) is 10.4 Å². The van der Waals surface area contributed by atoms with Crippen molar-refractivity contribution in [2.45, 2.75) is 19.3 Å². The summed E-state index contributed by atoms with van der Waals surface area (Å²) in [7, 11) is 3.56. The summed E-state index contributed by atoms with van der Waals surface area (Å²) in [6, 6.07) is 9.75. The molecule has 0 radical (unpaired) electrons. The summed E-state index contributed by atoms with van der Waals surface area (Å²) in [5.74, 6) is 1.17. The fourth-order valence-electron chi connectivity index (χ4n) is 3.29. The number of aromatic nitrogens is 2. The van der Waals surface area contributed by atoms with E-state index in [-0.39, 0.29) is 18.3 Å². The highest BCUT2D eigenvalue weighted by atomic mass is 35.5. The molecule has 1 aliphatic rings. The molecule has 1 aliphatic heterocycles. The molecule has 0 aliphatic carbocycles. The van der Waals surface area contributed by atoms with Crippen LogP contribution < -0.4 is 10.1 Å². The molecule has 26 heavy (non-hydrogen) atoms. The second-order valence-corrected chi connectivity index (χ2v) is 6.45. The molecule has 0 unspecified atom stereocenters. The van der Waals surface area contributed by atoms with Crippen LogP contribution in [0.5, 0.6) is 5.75 Å². The van der Waals surface area contributed by atoms with Crippen LogP contribution in [0.1, 0.15) is 29.8 Å². The SMILES string of the molecule is CNCCC1CCN(C(=O)c2nn(-c3ccccc3)cc2OC)CC1.Cl. The van der Waals surface area contributed by atoms with Gasteiger partial charge in [0.15, 0.2) is 11.4 Å². The Morgan fingerprint density at radius 2 is 1.96 bits per heavy atom. The quantitative estimate of drug-likeness (QED) is 0.839. The number of piperidine rings is 1. The van der Waals surface area contributed by atoms with E-state index in [1.165, 1.54) is 6.42 Å². The van der Waals surface area contributed by atoms with Gasteiger partial charge in [0.25, 0.3) is 5.91 Å². The Labute approximate surface area is 160 Å². The fourth-order valence-corrected chi connectivity index (χ4v) is 3.29. The van der Waals surface area contributed by atoms with Crippen molar-refractivity contribution in [3.05, 3.63) is 42.2 Å². The first-order chi connectivity index (χ1) is 12.2. The predicted molar refractivity (Wildman–Crippen MR) is 105 cm³/mol. The van der Waals surface area contributed by atoms with Crippen molar-refractivity contribution < 1.29 is 9.53 Å². The number of ether oxygens (including phenoxy) is 1. The largest absolute Gasteiger partial charge is 0.493 e. The molecule has 1 amide bonds. The minimum Gasteiger partial charge on any atom is -0.493 e. The number of rotatable bonds is 6. The van der Waals surface area contributed by atoms with Crippen LogP contribution in [0.2, 0.25) is 0 Å². The first-order valence-corrected chi connectivity index (χ1v) is 8.86. The van der Waals surface area contributed by atoms with Gasteiger partial charge in [-0.15, -0.1) is 12.4 Å². The number of likely N-dealkylation sites (tertiary alicyclic amines) is 1. The maximum Gasteiger partial charge on any atom is 0.278 e. The van der Waals surface area contributed by atoms with Crippen molar-refractivity contribution in [2.24, 2.45) is 5.92 Å². The number of halogens is 1. The number of methoxy groups -OCH3 is 1. The lowest BCUT2D eigenvalue weighted by Crippen LogP contribution is -2.39. The molecule has 1 saturated heterocycles.